The van der Waals surface area contributed by atoms with E-state index in [0.29, 0.717) is 23.0 Å². The quantitative estimate of drug-likeness (QED) is 0.880. The third-order valence-corrected chi connectivity index (χ3v) is 4.05. The standard InChI is InChI=1S/C14H15NO4S/c1-3-17-13(16)12-5-8-4-9-10(6-11(8)20-12)19-14(18-9)7(2)15/h4-7,14H,3,15H2,1-2H3. The number of nitrogens with two attached hydrogens (primary N) is 1. The molecule has 0 radical (unpaired) electrons. The van der Waals surface area contributed by atoms with E-state index < -0.39 is 6.29 Å². The van der Waals surface area contributed by atoms with E-state index in [1.807, 2.05) is 19.1 Å². The van der Waals surface area contributed by atoms with E-state index in [0.717, 1.165) is 10.1 Å². The first-order valence-corrected chi connectivity index (χ1v) is 7.23. The molecule has 0 bridgehead atoms. The summed E-state index contributed by atoms with van der Waals surface area (Å²) in [5.41, 5.74) is 5.77. The predicted molar refractivity (Wildman–Crippen MR) is 76.5 cm³/mol. The van der Waals surface area contributed by atoms with Crippen molar-refractivity contribution < 1.29 is 19.0 Å². The lowest BCUT2D eigenvalue weighted by atomic mass is 10.2. The van der Waals surface area contributed by atoms with Gasteiger partial charge in [0.15, 0.2) is 11.5 Å². The van der Waals surface area contributed by atoms with Crippen molar-refractivity contribution >= 4 is 27.4 Å². The fourth-order valence-corrected chi connectivity index (χ4v) is 2.99. The number of carbonyl (C=O) groups excluding carboxylic acids is 1. The lowest BCUT2D eigenvalue weighted by Gasteiger charge is -2.12. The maximum absolute atomic E-state index is 11.7. The first-order chi connectivity index (χ1) is 9.58. The number of ether oxygens (including phenoxy) is 3. The zero-order chi connectivity index (χ0) is 14.3. The molecule has 2 unspecified atom stereocenters. The predicted octanol–water partition coefficient (Wildman–Crippen LogP) is 2.52. The van der Waals surface area contributed by atoms with Crippen LogP contribution in [0.1, 0.15) is 23.5 Å². The monoisotopic (exact) mass is 293 g/mol. The Balaban J connectivity index is 1.94. The number of hydrogen-bond donors (Lipinski definition) is 1. The fourth-order valence-electron chi connectivity index (χ4n) is 2.02. The molecular formula is C14H15NO4S. The third kappa shape index (κ3) is 2.21. The summed E-state index contributed by atoms with van der Waals surface area (Å²) in [5, 5.41) is 0.936. The third-order valence-electron chi connectivity index (χ3n) is 2.97. The van der Waals surface area contributed by atoms with Crippen molar-refractivity contribution in [3.8, 4) is 11.5 Å². The Morgan fingerprint density at radius 1 is 1.40 bits per heavy atom. The van der Waals surface area contributed by atoms with E-state index >= 15 is 0 Å². The Labute approximate surface area is 120 Å². The summed E-state index contributed by atoms with van der Waals surface area (Å²) in [5.74, 6) is 1.02. The summed E-state index contributed by atoms with van der Waals surface area (Å²) in [6.07, 6.45) is -0.453. The Hall–Kier alpha value is -1.79. The van der Waals surface area contributed by atoms with Crippen molar-refractivity contribution in [2.45, 2.75) is 26.2 Å². The molecule has 2 aromatic rings. The van der Waals surface area contributed by atoms with Crippen molar-refractivity contribution in [1.29, 1.82) is 0 Å². The van der Waals surface area contributed by atoms with E-state index in [2.05, 4.69) is 0 Å². The Morgan fingerprint density at radius 3 is 2.75 bits per heavy atom. The van der Waals surface area contributed by atoms with Crippen molar-refractivity contribution in [1.82, 2.24) is 0 Å². The van der Waals surface area contributed by atoms with Gasteiger partial charge < -0.3 is 19.9 Å². The lowest BCUT2D eigenvalue weighted by molar-refractivity contribution is 0.0312. The highest BCUT2D eigenvalue weighted by atomic mass is 32.1. The molecular weight excluding hydrogens is 278 g/mol. The molecule has 6 heteroatoms. The maximum atomic E-state index is 11.7. The van der Waals surface area contributed by atoms with Gasteiger partial charge in [0.05, 0.1) is 12.6 Å². The Kier molecular flexibility index (Phi) is 3.27. The molecule has 1 aliphatic rings. The van der Waals surface area contributed by atoms with E-state index in [1.165, 1.54) is 11.3 Å². The molecule has 1 aromatic heterocycles. The minimum absolute atomic E-state index is 0.212. The Bertz CT molecular complexity index is 621. The molecule has 1 aromatic carbocycles. The van der Waals surface area contributed by atoms with Crippen LogP contribution in [0.25, 0.3) is 10.1 Å². The van der Waals surface area contributed by atoms with Gasteiger partial charge in [0, 0.05) is 10.8 Å². The average molecular weight is 293 g/mol. The van der Waals surface area contributed by atoms with Crippen LogP contribution < -0.4 is 15.2 Å². The van der Waals surface area contributed by atoms with E-state index in [9.17, 15) is 4.79 Å². The number of fused-ring (bicyclic) bond motifs is 2. The van der Waals surface area contributed by atoms with Crippen molar-refractivity contribution in [3.05, 3.63) is 23.1 Å². The summed E-state index contributed by atoms with van der Waals surface area (Å²) < 4.78 is 17.2. The van der Waals surface area contributed by atoms with Crippen LogP contribution in [0.5, 0.6) is 11.5 Å². The summed E-state index contributed by atoms with van der Waals surface area (Å²) in [6.45, 7) is 3.99. The molecule has 2 N–H and O–H groups in total. The van der Waals surface area contributed by atoms with Crippen molar-refractivity contribution in [2.24, 2.45) is 5.73 Å². The van der Waals surface area contributed by atoms with Crippen LogP contribution in [0.15, 0.2) is 18.2 Å². The van der Waals surface area contributed by atoms with Gasteiger partial charge in [-0.05, 0) is 31.4 Å². The van der Waals surface area contributed by atoms with Gasteiger partial charge in [-0.3, -0.25) is 0 Å². The second-order valence-corrected chi connectivity index (χ2v) is 5.71. The number of thiophene rings is 1. The molecule has 1 aliphatic heterocycles. The molecule has 0 aliphatic carbocycles. The highest BCUT2D eigenvalue weighted by molar-refractivity contribution is 7.20. The summed E-state index contributed by atoms with van der Waals surface area (Å²) in [4.78, 5) is 12.3. The maximum Gasteiger partial charge on any atom is 0.348 e. The highest BCUT2D eigenvalue weighted by Crippen LogP contribution is 2.41. The number of esters is 1. The zero-order valence-electron chi connectivity index (χ0n) is 11.2. The smallest absolute Gasteiger partial charge is 0.348 e. The van der Waals surface area contributed by atoms with Crippen molar-refractivity contribution in [3.63, 3.8) is 0 Å². The molecule has 2 heterocycles. The normalized spacial score (nSPS) is 18.2. The van der Waals surface area contributed by atoms with E-state index in [-0.39, 0.29) is 12.0 Å². The van der Waals surface area contributed by atoms with Gasteiger partial charge in [-0.25, -0.2) is 4.79 Å². The van der Waals surface area contributed by atoms with Gasteiger partial charge >= 0.3 is 5.97 Å². The molecule has 5 nitrogen and oxygen atoms in total. The molecule has 0 saturated heterocycles. The molecule has 20 heavy (non-hydrogen) atoms. The van der Waals surface area contributed by atoms with Crippen LogP contribution in [0.2, 0.25) is 0 Å². The summed E-state index contributed by atoms with van der Waals surface area (Å²) in [6, 6.07) is 5.34. The van der Waals surface area contributed by atoms with Gasteiger partial charge in [-0.1, -0.05) is 0 Å². The minimum atomic E-state index is -0.453. The van der Waals surface area contributed by atoms with Gasteiger partial charge in [-0.2, -0.15) is 0 Å². The lowest BCUT2D eigenvalue weighted by Crippen LogP contribution is -2.37. The molecule has 2 atom stereocenters. The molecule has 0 amide bonds. The number of rotatable bonds is 3. The molecule has 3 rings (SSSR count). The molecule has 0 saturated carbocycles. The van der Waals surface area contributed by atoms with Crippen molar-refractivity contribution in [2.75, 3.05) is 6.61 Å². The van der Waals surface area contributed by atoms with E-state index in [4.69, 9.17) is 19.9 Å². The first-order valence-electron chi connectivity index (χ1n) is 6.42. The van der Waals surface area contributed by atoms with E-state index in [1.54, 1.807) is 13.0 Å². The topological polar surface area (TPSA) is 70.8 Å². The van der Waals surface area contributed by atoms with Gasteiger partial charge in [0.2, 0.25) is 0 Å². The van der Waals surface area contributed by atoms with Crippen LogP contribution in [-0.2, 0) is 4.74 Å². The van der Waals surface area contributed by atoms with Crippen LogP contribution in [0.3, 0.4) is 0 Å². The van der Waals surface area contributed by atoms with Gasteiger partial charge in [0.1, 0.15) is 4.88 Å². The minimum Gasteiger partial charge on any atom is -0.462 e. The molecule has 106 valence electrons. The first kappa shape index (κ1) is 13.2. The van der Waals surface area contributed by atoms with Crippen LogP contribution in [-0.4, -0.2) is 24.9 Å². The van der Waals surface area contributed by atoms with Crippen LogP contribution in [0.4, 0.5) is 0 Å². The zero-order valence-corrected chi connectivity index (χ0v) is 12.0. The van der Waals surface area contributed by atoms with Crippen LogP contribution >= 0.6 is 11.3 Å². The van der Waals surface area contributed by atoms with Gasteiger partial charge in [0.25, 0.3) is 6.29 Å². The fraction of sp³-hybridized carbons (Fsp3) is 0.357. The molecule has 0 fully saturated rings. The number of carbonyl (C=O) groups is 1. The second-order valence-electron chi connectivity index (χ2n) is 4.63. The number of hydrogen-bond acceptors (Lipinski definition) is 6. The average Bonchev–Trinajstić information content (AvgIpc) is 2.98. The largest absolute Gasteiger partial charge is 0.462 e. The molecule has 0 spiro atoms. The summed E-state index contributed by atoms with van der Waals surface area (Å²) >= 11 is 1.38. The second kappa shape index (κ2) is 4.96. The summed E-state index contributed by atoms with van der Waals surface area (Å²) in [7, 11) is 0. The Morgan fingerprint density at radius 2 is 2.10 bits per heavy atom. The SMILES string of the molecule is CCOC(=O)c1cc2cc3c(cc2s1)OC(C(C)N)O3. The van der Waals surface area contributed by atoms with Crippen LogP contribution in [0, 0.1) is 0 Å². The number of benzene rings is 1. The van der Waals surface area contributed by atoms with Gasteiger partial charge in [-0.15, -0.1) is 11.3 Å². The highest BCUT2D eigenvalue weighted by Gasteiger charge is 2.28.